The summed E-state index contributed by atoms with van der Waals surface area (Å²) in [5, 5.41) is 0. The van der Waals surface area contributed by atoms with Crippen LogP contribution in [0.5, 0.6) is 0 Å². The standard InChI is InChI=1S/C8H9BrFNO2S/c1-14(12,13)11-5-6-2-3-7(9)4-8(6)10/h2-4,11H,5H2,1H3. The molecule has 0 saturated heterocycles. The molecule has 0 aromatic heterocycles. The zero-order chi connectivity index (χ0) is 10.8. The summed E-state index contributed by atoms with van der Waals surface area (Å²) in [7, 11) is -3.28. The first kappa shape index (κ1) is 11.6. The van der Waals surface area contributed by atoms with Crippen LogP contribution < -0.4 is 4.72 Å². The van der Waals surface area contributed by atoms with Gasteiger partial charge in [0.05, 0.1) is 6.26 Å². The highest BCUT2D eigenvalue weighted by atomic mass is 79.9. The zero-order valence-corrected chi connectivity index (χ0v) is 9.82. The van der Waals surface area contributed by atoms with Gasteiger partial charge in [0.1, 0.15) is 5.82 Å². The van der Waals surface area contributed by atoms with Crippen molar-refractivity contribution in [1.82, 2.24) is 4.72 Å². The first-order valence-electron chi connectivity index (χ1n) is 3.77. The minimum Gasteiger partial charge on any atom is -0.213 e. The summed E-state index contributed by atoms with van der Waals surface area (Å²) >= 11 is 3.11. The number of nitrogens with one attached hydrogen (secondary N) is 1. The Morgan fingerprint density at radius 1 is 1.50 bits per heavy atom. The highest BCUT2D eigenvalue weighted by Crippen LogP contribution is 2.15. The number of hydrogen-bond donors (Lipinski definition) is 1. The van der Waals surface area contributed by atoms with Crippen LogP contribution in [-0.2, 0) is 16.6 Å². The molecule has 0 unspecified atom stereocenters. The molecule has 1 aromatic carbocycles. The molecule has 0 aliphatic rings. The van der Waals surface area contributed by atoms with Crippen LogP contribution in [0.25, 0.3) is 0 Å². The molecule has 0 heterocycles. The molecule has 0 spiro atoms. The van der Waals surface area contributed by atoms with Crippen molar-refractivity contribution in [3.8, 4) is 0 Å². The lowest BCUT2D eigenvalue weighted by molar-refractivity contribution is 0.579. The van der Waals surface area contributed by atoms with Gasteiger partial charge in [-0.1, -0.05) is 22.0 Å². The number of halogens is 2. The maximum atomic E-state index is 13.2. The van der Waals surface area contributed by atoms with Crippen molar-refractivity contribution in [1.29, 1.82) is 0 Å². The van der Waals surface area contributed by atoms with Gasteiger partial charge in [0.25, 0.3) is 0 Å². The Hall–Kier alpha value is -0.460. The highest BCUT2D eigenvalue weighted by molar-refractivity contribution is 9.10. The molecule has 0 amide bonds. The molecule has 0 bridgehead atoms. The second kappa shape index (κ2) is 4.37. The fraction of sp³-hybridized carbons (Fsp3) is 0.250. The van der Waals surface area contributed by atoms with E-state index in [0.717, 1.165) is 6.26 Å². The minimum absolute atomic E-state index is 0.0298. The number of hydrogen-bond acceptors (Lipinski definition) is 2. The van der Waals surface area contributed by atoms with E-state index in [1.165, 1.54) is 12.1 Å². The molecular formula is C8H9BrFNO2S. The van der Waals surface area contributed by atoms with E-state index in [4.69, 9.17) is 0 Å². The second-order valence-electron chi connectivity index (χ2n) is 2.83. The quantitative estimate of drug-likeness (QED) is 0.916. The smallest absolute Gasteiger partial charge is 0.209 e. The average Bonchev–Trinajstić information content (AvgIpc) is 2.00. The van der Waals surface area contributed by atoms with E-state index in [2.05, 4.69) is 20.7 Å². The normalized spacial score (nSPS) is 11.6. The number of rotatable bonds is 3. The molecular weight excluding hydrogens is 273 g/mol. The Morgan fingerprint density at radius 2 is 2.14 bits per heavy atom. The number of benzene rings is 1. The van der Waals surface area contributed by atoms with Crippen molar-refractivity contribution in [3.05, 3.63) is 34.1 Å². The van der Waals surface area contributed by atoms with Gasteiger partial charge in [-0.25, -0.2) is 17.5 Å². The molecule has 0 aliphatic carbocycles. The highest BCUT2D eigenvalue weighted by Gasteiger charge is 2.05. The van der Waals surface area contributed by atoms with E-state index in [-0.39, 0.29) is 6.54 Å². The molecule has 1 aromatic rings. The van der Waals surface area contributed by atoms with Gasteiger partial charge in [0.2, 0.25) is 10.0 Å². The third-order valence-corrected chi connectivity index (χ3v) is 2.70. The Balaban J connectivity index is 2.78. The third kappa shape index (κ3) is 3.73. The van der Waals surface area contributed by atoms with Crippen LogP contribution in [0.4, 0.5) is 4.39 Å². The molecule has 78 valence electrons. The predicted molar refractivity (Wildman–Crippen MR) is 55.8 cm³/mol. The molecule has 0 radical (unpaired) electrons. The van der Waals surface area contributed by atoms with E-state index in [1.807, 2.05) is 0 Å². The predicted octanol–water partition coefficient (Wildman–Crippen LogP) is 1.64. The largest absolute Gasteiger partial charge is 0.213 e. The molecule has 0 aliphatic heterocycles. The number of sulfonamides is 1. The molecule has 0 saturated carbocycles. The maximum absolute atomic E-state index is 13.2. The van der Waals surface area contributed by atoms with E-state index < -0.39 is 15.8 Å². The van der Waals surface area contributed by atoms with Gasteiger partial charge in [0.15, 0.2) is 0 Å². The Bertz CT molecular complexity index is 433. The summed E-state index contributed by atoms with van der Waals surface area (Å²) in [4.78, 5) is 0. The van der Waals surface area contributed by atoms with Crippen LogP contribution in [0.2, 0.25) is 0 Å². The van der Waals surface area contributed by atoms with Gasteiger partial charge >= 0.3 is 0 Å². The zero-order valence-electron chi connectivity index (χ0n) is 7.42. The van der Waals surface area contributed by atoms with Crippen LogP contribution in [0.1, 0.15) is 5.56 Å². The summed E-state index contributed by atoms with van der Waals surface area (Å²) in [5.41, 5.74) is 0.318. The molecule has 6 heteroatoms. The van der Waals surface area contributed by atoms with Crippen molar-refractivity contribution in [2.45, 2.75) is 6.54 Å². The fourth-order valence-corrected chi connectivity index (χ4v) is 1.62. The molecule has 0 atom stereocenters. The molecule has 0 fully saturated rings. The summed E-state index contributed by atoms with van der Waals surface area (Å²) in [6.45, 7) is -0.0298. The van der Waals surface area contributed by atoms with Crippen LogP contribution in [0.15, 0.2) is 22.7 Å². The Labute approximate surface area is 90.5 Å². The van der Waals surface area contributed by atoms with Crippen molar-refractivity contribution in [3.63, 3.8) is 0 Å². The topological polar surface area (TPSA) is 46.2 Å². The van der Waals surface area contributed by atoms with Gasteiger partial charge in [-0.3, -0.25) is 0 Å². The fourth-order valence-electron chi connectivity index (χ4n) is 0.874. The lowest BCUT2D eigenvalue weighted by atomic mass is 10.2. The van der Waals surface area contributed by atoms with E-state index in [9.17, 15) is 12.8 Å². The molecule has 1 rings (SSSR count). The summed E-state index contributed by atoms with van der Waals surface area (Å²) < 4.78 is 37.5. The summed E-state index contributed by atoms with van der Waals surface area (Å²) in [6, 6.07) is 4.47. The Morgan fingerprint density at radius 3 is 2.64 bits per heavy atom. The third-order valence-electron chi connectivity index (χ3n) is 1.54. The van der Waals surface area contributed by atoms with Gasteiger partial charge in [-0.2, -0.15) is 0 Å². The second-order valence-corrected chi connectivity index (χ2v) is 5.58. The van der Waals surface area contributed by atoms with Crippen molar-refractivity contribution < 1.29 is 12.8 Å². The summed E-state index contributed by atoms with van der Waals surface area (Å²) in [5.74, 6) is -0.435. The lowest BCUT2D eigenvalue weighted by Crippen LogP contribution is -2.21. The van der Waals surface area contributed by atoms with Gasteiger partial charge in [-0.15, -0.1) is 0 Å². The van der Waals surface area contributed by atoms with E-state index in [1.54, 1.807) is 6.07 Å². The monoisotopic (exact) mass is 281 g/mol. The SMILES string of the molecule is CS(=O)(=O)NCc1ccc(Br)cc1F. The first-order chi connectivity index (χ1) is 6.38. The van der Waals surface area contributed by atoms with Crippen LogP contribution in [-0.4, -0.2) is 14.7 Å². The Kier molecular flexibility index (Phi) is 3.63. The van der Waals surface area contributed by atoms with Gasteiger partial charge < -0.3 is 0 Å². The minimum atomic E-state index is -3.28. The van der Waals surface area contributed by atoms with Gasteiger partial charge in [0, 0.05) is 16.6 Å². The van der Waals surface area contributed by atoms with E-state index >= 15 is 0 Å². The van der Waals surface area contributed by atoms with Crippen LogP contribution in [0.3, 0.4) is 0 Å². The lowest BCUT2D eigenvalue weighted by Gasteiger charge is -2.03. The first-order valence-corrected chi connectivity index (χ1v) is 6.45. The van der Waals surface area contributed by atoms with Crippen LogP contribution >= 0.6 is 15.9 Å². The van der Waals surface area contributed by atoms with Crippen LogP contribution in [0, 0.1) is 5.82 Å². The van der Waals surface area contributed by atoms with Crippen molar-refractivity contribution in [2.75, 3.05) is 6.26 Å². The van der Waals surface area contributed by atoms with Gasteiger partial charge in [-0.05, 0) is 12.1 Å². The van der Waals surface area contributed by atoms with E-state index in [0.29, 0.717) is 10.0 Å². The molecule has 14 heavy (non-hydrogen) atoms. The summed E-state index contributed by atoms with van der Waals surface area (Å²) in [6.07, 6.45) is 1.03. The molecule has 3 nitrogen and oxygen atoms in total. The average molecular weight is 282 g/mol. The van der Waals surface area contributed by atoms with Crippen molar-refractivity contribution in [2.24, 2.45) is 0 Å². The maximum Gasteiger partial charge on any atom is 0.209 e. The molecule has 1 N–H and O–H groups in total. The van der Waals surface area contributed by atoms with Crippen molar-refractivity contribution >= 4 is 26.0 Å².